The second kappa shape index (κ2) is 7.68. The first kappa shape index (κ1) is 14.6. The quantitative estimate of drug-likeness (QED) is 0.670. The highest BCUT2D eigenvalue weighted by Gasteiger charge is 2.10. The highest BCUT2D eigenvalue weighted by atomic mass is 79.9. The zero-order valence-electron chi connectivity index (χ0n) is 10.6. The number of hydrogen-bond acceptors (Lipinski definition) is 1. The van der Waals surface area contributed by atoms with Crippen LogP contribution in [-0.2, 0) is 11.3 Å². The van der Waals surface area contributed by atoms with Crippen LogP contribution >= 0.6 is 27.5 Å². The van der Waals surface area contributed by atoms with Gasteiger partial charge in [-0.1, -0.05) is 70.0 Å². The smallest absolute Gasteiger partial charge is 0.0717 e. The van der Waals surface area contributed by atoms with E-state index < -0.39 is 0 Å². The fourth-order valence-corrected chi connectivity index (χ4v) is 2.64. The van der Waals surface area contributed by atoms with Gasteiger partial charge in [0.15, 0.2) is 0 Å². The molecule has 0 aromatic heterocycles. The minimum Gasteiger partial charge on any atom is -0.376 e. The van der Waals surface area contributed by atoms with Gasteiger partial charge in [0.05, 0.1) is 13.2 Å². The van der Waals surface area contributed by atoms with Crippen LogP contribution in [0.15, 0.2) is 54.6 Å². The van der Waals surface area contributed by atoms with Crippen molar-refractivity contribution in [1.29, 1.82) is 0 Å². The van der Waals surface area contributed by atoms with Crippen molar-refractivity contribution in [3.63, 3.8) is 0 Å². The Hall–Kier alpha value is -0.830. The second-order valence-electron chi connectivity index (χ2n) is 4.41. The van der Waals surface area contributed by atoms with Crippen LogP contribution in [0.2, 0.25) is 5.02 Å². The molecule has 0 saturated heterocycles. The van der Waals surface area contributed by atoms with Gasteiger partial charge >= 0.3 is 0 Å². The van der Waals surface area contributed by atoms with E-state index >= 15 is 0 Å². The van der Waals surface area contributed by atoms with Gasteiger partial charge in [-0.05, 0) is 23.3 Å². The van der Waals surface area contributed by atoms with E-state index in [-0.39, 0.29) is 0 Å². The average molecular weight is 340 g/mol. The third-order valence-corrected chi connectivity index (χ3v) is 3.95. The maximum Gasteiger partial charge on any atom is 0.0717 e. The summed E-state index contributed by atoms with van der Waals surface area (Å²) < 4.78 is 5.79. The molecule has 1 atom stereocenters. The van der Waals surface area contributed by atoms with Crippen molar-refractivity contribution < 1.29 is 4.74 Å². The first-order valence-electron chi connectivity index (χ1n) is 6.22. The molecule has 1 nitrogen and oxygen atoms in total. The third kappa shape index (κ3) is 4.64. The molecule has 0 saturated carbocycles. The van der Waals surface area contributed by atoms with Crippen LogP contribution in [-0.4, -0.2) is 11.9 Å². The molecule has 0 aliphatic carbocycles. The molecule has 0 bridgehead atoms. The van der Waals surface area contributed by atoms with Crippen molar-refractivity contribution in [2.45, 2.75) is 12.5 Å². The summed E-state index contributed by atoms with van der Waals surface area (Å²) in [6.45, 7) is 1.32. The molecule has 19 heavy (non-hydrogen) atoms. The van der Waals surface area contributed by atoms with E-state index in [0.29, 0.717) is 19.1 Å². The summed E-state index contributed by atoms with van der Waals surface area (Å²) >= 11 is 9.56. The Morgan fingerprint density at radius 2 is 1.84 bits per heavy atom. The van der Waals surface area contributed by atoms with Crippen molar-refractivity contribution in [2.24, 2.45) is 0 Å². The maximum absolute atomic E-state index is 6.02. The van der Waals surface area contributed by atoms with Crippen LogP contribution in [0.4, 0.5) is 0 Å². The predicted octanol–water partition coefficient (Wildman–Crippen LogP) is 5.04. The summed E-state index contributed by atoms with van der Waals surface area (Å²) in [7, 11) is 0. The van der Waals surface area contributed by atoms with E-state index in [2.05, 4.69) is 34.1 Å². The Labute approximate surface area is 127 Å². The molecule has 0 aliphatic heterocycles. The second-order valence-corrected chi connectivity index (χ2v) is 5.49. The van der Waals surface area contributed by atoms with Gasteiger partial charge < -0.3 is 4.74 Å². The topological polar surface area (TPSA) is 9.23 Å². The number of rotatable bonds is 6. The molecule has 2 rings (SSSR count). The van der Waals surface area contributed by atoms with Crippen molar-refractivity contribution >= 4 is 27.5 Å². The first-order chi connectivity index (χ1) is 9.29. The molecule has 0 aliphatic rings. The number of halogens is 2. The van der Waals surface area contributed by atoms with E-state index in [1.165, 1.54) is 11.1 Å². The average Bonchev–Trinajstić information content (AvgIpc) is 2.45. The van der Waals surface area contributed by atoms with Crippen LogP contribution in [0.3, 0.4) is 0 Å². The third-order valence-electron chi connectivity index (χ3n) is 2.94. The van der Waals surface area contributed by atoms with E-state index in [9.17, 15) is 0 Å². The van der Waals surface area contributed by atoms with Gasteiger partial charge in [-0.3, -0.25) is 0 Å². The Kier molecular flexibility index (Phi) is 5.90. The molecule has 0 amide bonds. The largest absolute Gasteiger partial charge is 0.376 e. The highest BCUT2D eigenvalue weighted by Crippen LogP contribution is 2.22. The number of benzene rings is 2. The molecule has 0 fully saturated rings. The molecule has 2 aromatic rings. The van der Waals surface area contributed by atoms with Crippen molar-refractivity contribution in [3.8, 4) is 0 Å². The zero-order valence-corrected chi connectivity index (χ0v) is 12.9. The lowest BCUT2D eigenvalue weighted by Crippen LogP contribution is -2.09. The SMILES string of the molecule is Clc1cccc(C(CBr)COCc2ccccc2)c1. The summed E-state index contributed by atoms with van der Waals surface area (Å²) in [5, 5.41) is 1.63. The van der Waals surface area contributed by atoms with Crippen LogP contribution in [0.25, 0.3) is 0 Å². The molecule has 3 heteroatoms. The van der Waals surface area contributed by atoms with E-state index in [1.54, 1.807) is 0 Å². The minimum absolute atomic E-state index is 0.322. The Bertz CT molecular complexity index is 501. The van der Waals surface area contributed by atoms with Gasteiger partial charge in [0, 0.05) is 16.3 Å². The lowest BCUT2D eigenvalue weighted by Gasteiger charge is -2.15. The van der Waals surface area contributed by atoms with Gasteiger partial charge in [0.25, 0.3) is 0 Å². The molecule has 1 unspecified atom stereocenters. The van der Waals surface area contributed by atoms with E-state index in [0.717, 1.165) is 10.4 Å². The Morgan fingerprint density at radius 1 is 1.05 bits per heavy atom. The number of alkyl halides is 1. The van der Waals surface area contributed by atoms with Crippen LogP contribution in [0.1, 0.15) is 17.0 Å². The first-order valence-corrected chi connectivity index (χ1v) is 7.72. The molecule has 0 N–H and O–H groups in total. The molecule has 2 aromatic carbocycles. The number of ether oxygens (including phenoxy) is 1. The monoisotopic (exact) mass is 338 g/mol. The molecular weight excluding hydrogens is 324 g/mol. The highest BCUT2D eigenvalue weighted by molar-refractivity contribution is 9.09. The Morgan fingerprint density at radius 3 is 2.53 bits per heavy atom. The summed E-state index contributed by atoms with van der Waals surface area (Å²) in [5.41, 5.74) is 2.40. The van der Waals surface area contributed by atoms with Gasteiger partial charge in [0.2, 0.25) is 0 Å². The summed E-state index contributed by atoms with van der Waals surface area (Å²) in [6, 6.07) is 18.2. The fraction of sp³-hybridized carbons (Fsp3) is 0.250. The van der Waals surface area contributed by atoms with Crippen molar-refractivity contribution in [1.82, 2.24) is 0 Å². The Balaban J connectivity index is 1.89. The molecule has 0 spiro atoms. The molecule has 0 heterocycles. The van der Waals surface area contributed by atoms with Gasteiger partial charge in [0.1, 0.15) is 0 Å². The lowest BCUT2D eigenvalue weighted by atomic mass is 10.0. The molecular formula is C16H16BrClO. The van der Waals surface area contributed by atoms with Crippen molar-refractivity contribution in [2.75, 3.05) is 11.9 Å². The van der Waals surface area contributed by atoms with Crippen molar-refractivity contribution in [3.05, 3.63) is 70.7 Å². The van der Waals surface area contributed by atoms with Crippen LogP contribution < -0.4 is 0 Å². The van der Waals surface area contributed by atoms with E-state index in [1.807, 2.05) is 36.4 Å². The minimum atomic E-state index is 0.322. The predicted molar refractivity (Wildman–Crippen MR) is 84.1 cm³/mol. The molecule has 100 valence electrons. The zero-order chi connectivity index (χ0) is 13.5. The number of hydrogen-bond donors (Lipinski definition) is 0. The summed E-state index contributed by atoms with van der Waals surface area (Å²) in [5.74, 6) is 0.322. The lowest BCUT2D eigenvalue weighted by molar-refractivity contribution is 0.111. The van der Waals surface area contributed by atoms with Gasteiger partial charge in [-0.2, -0.15) is 0 Å². The van der Waals surface area contributed by atoms with Gasteiger partial charge in [-0.15, -0.1) is 0 Å². The molecule has 0 radical (unpaired) electrons. The summed E-state index contributed by atoms with van der Waals surface area (Å²) in [6.07, 6.45) is 0. The standard InChI is InChI=1S/C16H16BrClO/c17-10-15(14-7-4-8-16(18)9-14)12-19-11-13-5-2-1-3-6-13/h1-9,15H,10-12H2. The van der Waals surface area contributed by atoms with E-state index in [4.69, 9.17) is 16.3 Å². The fourth-order valence-electron chi connectivity index (χ4n) is 1.88. The summed E-state index contributed by atoms with van der Waals surface area (Å²) in [4.78, 5) is 0. The van der Waals surface area contributed by atoms with Gasteiger partial charge in [-0.25, -0.2) is 0 Å². The maximum atomic E-state index is 6.02. The van der Waals surface area contributed by atoms with Crippen LogP contribution in [0.5, 0.6) is 0 Å². The normalized spacial score (nSPS) is 12.3. The van der Waals surface area contributed by atoms with Crippen LogP contribution in [0, 0.1) is 0 Å².